The van der Waals surface area contributed by atoms with Gasteiger partial charge in [0.2, 0.25) is 0 Å². The van der Waals surface area contributed by atoms with Crippen molar-refractivity contribution in [1.82, 2.24) is 4.98 Å². The topological polar surface area (TPSA) is 42.1 Å². The average molecular weight is 320 g/mol. The van der Waals surface area contributed by atoms with Crippen molar-refractivity contribution < 1.29 is 0 Å². The lowest BCUT2D eigenvalue weighted by atomic mass is 10.1. The first-order valence-electron chi connectivity index (χ1n) is 6.23. The van der Waals surface area contributed by atoms with Gasteiger partial charge in [-0.05, 0) is 42.3 Å². The Morgan fingerprint density at radius 1 is 1.26 bits per heavy atom. The lowest BCUT2D eigenvalue weighted by molar-refractivity contribution is 0.800. The normalized spacial score (nSPS) is 12.2. The fraction of sp³-hybridized carbons (Fsp3) is 0.267. The van der Waals surface area contributed by atoms with Gasteiger partial charge in [-0.15, -0.1) is 0 Å². The maximum atomic E-state index is 6.04. The second-order valence-corrected chi connectivity index (χ2v) is 5.62. The largest absolute Gasteiger partial charge is 0.370 e. The van der Waals surface area contributed by atoms with Crippen LogP contribution in [0.3, 0.4) is 0 Å². The van der Waals surface area contributed by atoms with Gasteiger partial charge in [-0.2, -0.15) is 0 Å². The molecule has 0 fully saturated rings. The van der Waals surface area contributed by atoms with Gasteiger partial charge in [-0.1, -0.05) is 22.0 Å². The Kier molecular flexibility index (Phi) is 4.56. The first-order chi connectivity index (χ1) is 9.08. The van der Waals surface area contributed by atoms with Crippen LogP contribution >= 0.6 is 15.9 Å². The minimum atomic E-state index is 0.0167. The molecule has 100 valence electrons. The molecule has 1 heterocycles. The molecule has 1 unspecified atom stereocenters. The Balaban J connectivity index is 2.27. The van der Waals surface area contributed by atoms with Gasteiger partial charge in [-0.3, -0.25) is 4.98 Å². The zero-order chi connectivity index (χ0) is 13.8. The third-order valence-corrected chi connectivity index (χ3v) is 3.56. The molecule has 0 bridgehead atoms. The van der Waals surface area contributed by atoms with Crippen LogP contribution in [0.5, 0.6) is 0 Å². The molecule has 2 aromatic rings. The Morgan fingerprint density at radius 3 is 2.58 bits per heavy atom. The number of benzene rings is 1. The third-order valence-electron chi connectivity index (χ3n) is 3.06. The highest BCUT2D eigenvalue weighted by atomic mass is 79.9. The van der Waals surface area contributed by atoms with Crippen LogP contribution in [-0.4, -0.2) is 12.0 Å². The monoisotopic (exact) mass is 319 g/mol. The molecule has 0 saturated carbocycles. The van der Waals surface area contributed by atoms with Crippen molar-refractivity contribution in [3.05, 3.63) is 58.3 Å². The molecule has 1 aromatic carbocycles. The molecule has 3 nitrogen and oxygen atoms in total. The van der Waals surface area contributed by atoms with E-state index in [0.717, 1.165) is 22.3 Å². The van der Waals surface area contributed by atoms with Gasteiger partial charge >= 0.3 is 0 Å². The minimum Gasteiger partial charge on any atom is -0.370 e. The van der Waals surface area contributed by atoms with E-state index in [4.69, 9.17) is 5.73 Å². The van der Waals surface area contributed by atoms with Gasteiger partial charge in [0, 0.05) is 42.2 Å². The number of halogens is 1. The maximum Gasteiger partial charge on any atom is 0.0427 e. The van der Waals surface area contributed by atoms with E-state index in [1.807, 2.05) is 37.5 Å². The molecule has 0 radical (unpaired) electrons. The number of nitrogens with zero attached hydrogens (tertiary/aromatic N) is 2. The maximum absolute atomic E-state index is 6.04. The summed E-state index contributed by atoms with van der Waals surface area (Å²) in [5.41, 5.74) is 9.58. The number of anilines is 1. The first kappa shape index (κ1) is 14.0. The predicted molar refractivity (Wildman–Crippen MR) is 83.1 cm³/mol. The SMILES string of the molecule is CC(N)c1ccc(Br)cc1N(C)Cc1ccncc1. The molecular weight excluding hydrogens is 302 g/mol. The summed E-state index contributed by atoms with van der Waals surface area (Å²) in [6.45, 7) is 2.84. The second kappa shape index (κ2) is 6.17. The lowest BCUT2D eigenvalue weighted by Gasteiger charge is -2.24. The molecule has 4 heteroatoms. The van der Waals surface area contributed by atoms with E-state index in [1.165, 1.54) is 5.56 Å². The Bertz CT molecular complexity index is 540. The molecule has 0 amide bonds. The molecule has 1 atom stereocenters. The summed E-state index contributed by atoms with van der Waals surface area (Å²) in [7, 11) is 2.08. The summed E-state index contributed by atoms with van der Waals surface area (Å²) in [4.78, 5) is 6.25. The van der Waals surface area contributed by atoms with Gasteiger partial charge < -0.3 is 10.6 Å². The van der Waals surface area contributed by atoms with Gasteiger partial charge in [0.25, 0.3) is 0 Å². The van der Waals surface area contributed by atoms with Gasteiger partial charge in [0.1, 0.15) is 0 Å². The Morgan fingerprint density at radius 2 is 1.95 bits per heavy atom. The van der Waals surface area contributed by atoms with Crippen molar-refractivity contribution in [2.75, 3.05) is 11.9 Å². The van der Waals surface area contributed by atoms with Crippen LogP contribution in [0.15, 0.2) is 47.2 Å². The Labute approximate surface area is 122 Å². The van der Waals surface area contributed by atoms with Crippen LogP contribution in [0.2, 0.25) is 0 Å². The van der Waals surface area contributed by atoms with Crippen LogP contribution in [-0.2, 0) is 6.54 Å². The van der Waals surface area contributed by atoms with Crippen molar-refractivity contribution in [3.63, 3.8) is 0 Å². The molecule has 0 aliphatic heterocycles. The molecule has 0 spiro atoms. The van der Waals surface area contributed by atoms with Crippen LogP contribution in [0.4, 0.5) is 5.69 Å². The van der Waals surface area contributed by atoms with Crippen molar-refractivity contribution in [2.45, 2.75) is 19.5 Å². The number of aromatic nitrogens is 1. The summed E-state index contributed by atoms with van der Waals surface area (Å²) in [5, 5.41) is 0. The molecule has 1 aromatic heterocycles. The second-order valence-electron chi connectivity index (χ2n) is 4.70. The van der Waals surface area contributed by atoms with Gasteiger partial charge in [0.05, 0.1) is 0 Å². The number of rotatable bonds is 4. The molecule has 2 rings (SSSR count). The van der Waals surface area contributed by atoms with Crippen LogP contribution in [0, 0.1) is 0 Å². The van der Waals surface area contributed by atoms with E-state index in [1.54, 1.807) is 0 Å². The molecular formula is C15H18BrN3. The van der Waals surface area contributed by atoms with E-state index in [-0.39, 0.29) is 6.04 Å². The summed E-state index contributed by atoms with van der Waals surface area (Å²) in [6.07, 6.45) is 3.63. The average Bonchev–Trinajstić information content (AvgIpc) is 2.39. The van der Waals surface area contributed by atoms with E-state index < -0.39 is 0 Å². The van der Waals surface area contributed by atoms with E-state index in [9.17, 15) is 0 Å². The summed E-state index contributed by atoms with van der Waals surface area (Å²) in [5.74, 6) is 0. The van der Waals surface area contributed by atoms with Crippen LogP contribution < -0.4 is 10.6 Å². The number of nitrogens with two attached hydrogens (primary N) is 1. The van der Waals surface area contributed by atoms with Crippen molar-refractivity contribution >= 4 is 21.6 Å². The third kappa shape index (κ3) is 3.55. The minimum absolute atomic E-state index is 0.0167. The van der Waals surface area contributed by atoms with Crippen LogP contribution in [0.1, 0.15) is 24.1 Å². The van der Waals surface area contributed by atoms with E-state index in [0.29, 0.717) is 0 Å². The predicted octanol–water partition coefficient (Wildman–Crippen LogP) is 3.50. The molecule has 19 heavy (non-hydrogen) atoms. The fourth-order valence-electron chi connectivity index (χ4n) is 2.08. The molecule has 2 N–H and O–H groups in total. The summed E-state index contributed by atoms with van der Waals surface area (Å²) < 4.78 is 1.06. The number of pyridine rings is 1. The van der Waals surface area contributed by atoms with Crippen molar-refractivity contribution in [3.8, 4) is 0 Å². The summed E-state index contributed by atoms with van der Waals surface area (Å²) >= 11 is 3.52. The van der Waals surface area contributed by atoms with Crippen molar-refractivity contribution in [1.29, 1.82) is 0 Å². The summed E-state index contributed by atoms with van der Waals surface area (Å²) in [6, 6.07) is 10.3. The smallest absolute Gasteiger partial charge is 0.0427 e. The number of hydrogen-bond donors (Lipinski definition) is 1. The van der Waals surface area contributed by atoms with E-state index >= 15 is 0 Å². The first-order valence-corrected chi connectivity index (χ1v) is 7.02. The van der Waals surface area contributed by atoms with Gasteiger partial charge in [0.15, 0.2) is 0 Å². The standard InChI is InChI=1S/C15H18BrN3/c1-11(17)14-4-3-13(16)9-15(14)19(2)10-12-5-7-18-8-6-12/h3-9,11H,10,17H2,1-2H3. The zero-order valence-corrected chi connectivity index (χ0v) is 12.8. The van der Waals surface area contributed by atoms with Crippen molar-refractivity contribution in [2.24, 2.45) is 5.73 Å². The zero-order valence-electron chi connectivity index (χ0n) is 11.2. The fourth-order valence-corrected chi connectivity index (χ4v) is 2.43. The highest BCUT2D eigenvalue weighted by Gasteiger charge is 2.11. The van der Waals surface area contributed by atoms with Crippen LogP contribution in [0.25, 0.3) is 0 Å². The Hall–Kier alpha value is -1.39. The van der Waals surface area contributed by atoms with Gasteiger partial charge in [-0.25, -0.2) is 0 Å². The molecule has 0 saturated heterocycles. The lowest BCUT2D eigenvalue weighted by Crippen LogP contribution is -2.20. The number of hydrogen-bond acceptors (Lipinski definition) is 3. The molecule has 0 aliphatic carbocycles. The highest BCUT2D eigenvalue weighted by molar-refractivity contribution is 9.10. The van der Waals surface area contributed by atoms with E-state index in [2.05, 4.69) is 45.0 Å². The quantitative estimate of drug-likeness (QED) is 0.937. The molecule has 0 aliphatic rings. The highest BCUT2D eigenvalue weighted by Crippen LogP contribution is 2.29.